The second kappa shape index (κ2) is 6.22. The first-order valence-electron chi connectivity index (χ1n) is 6.03. The van der Waals surface area contributed by atoms with Crippen molar-refractivity contribution in [3.8, 4) is 5.75 Å². The summed E-state index contributed by atoms with van der Waals surface area (Å²) in [5.41, 5.74) is 2.02. The highest BCUT2D eigenvalue weighted by molar-refractivity contribution is 9.10. The molecule has 0 atom stereocenters. The highest BCUT2D eigenvalue weighted by atomic mass is 79.9. The summed E-state index contributed by atoms with van der Waals surface area (Å²) in [6.07, 6.45) is 0. The van der Waals surface area contributed by atoms with Gasteiger partial charge in [-0.2, -0.15) is 0 Å². The number of hydrogen-bond acceptors (Lipinski definition) is 2. The number of aryl methyl sites for hydroxylation is 1. The van der Waals surface area contributed by atoms with E-state index in [9.17, 15) is 8.78 Å². The van der Waals surface area contributed by atoms with Crippen LogP contribution in [0.5, 0.6) is 5.75 Å². The molecule has 0 amide bonds. The van der Waals surface area contributed by atoms with Gasteiger partial charge in [0.2, 0.25) is 0 Å². The molecule has 0 radical (unpaired) electrons. The Morgan fingerprint density at radius 2 is 1.90 bits per heavy atom. The number of anilines is 1. The lowest BCUT2D eigenvalue weighted by atomic mass is 10.1. The lowest BCUT2D eigenvalue weighted by Crippen LogP contribution is -2.04. The molecule has 1 N–H and O–H groups in total. The number of methoxy groups -OCH3 is 1. The van der Waals surface area contributed by atoms with E-state index in [1.807, 2.05) is 6.92 Å². The van der Waals surface area contributed by atoms with Crippen molar-refractivity contribution in [1.29, 1.82) is 0 Å². The van der Waals surface area contributed by atoms with Gasteiger partial charge in [-0.25, -0.2) is 8.78 Å². The van der Waals surface area contributed by atoms with Crippen LogP contribution in [-0.4, -0.2) is 7.11 Å². The van der Waals surface area contributed by atoms with Gasteiger partial charge in [0.1, 0.15) is 17.4 Å². The molecule has 5 heteroatoms. The predicted molar refractivity (Wildman–Crippen MR) is 79.1 cm³/mol. The van der Waals surface area contributed by atoms with Crippen LogP contribution < -0.4 is 10.1 Å². The van der Waals surface area contributed by atoms with Crippen LogP contribution in [0.3, 0.4) is 0 Å². The summed E-state index contributed by atoms with van der Waals surface area (Å²) in [7, 11) is 1.49. The Kier molecular flexibility index (Phi) is 4.60. The molecule has 0 fully saturated rings. The fourth-order valence-electron chi connectivity index (χ4n) is 1.83. The van der Waals surface area contributed by atoms with Crippen molar-refractivity contribution < 1.29 is 13.5 Å². The topological polar surface area (TPSA) is 21.3 Å². The fourth-order valence-corrected chi connectivity index (χ4v) is 2.28. The number of nitrogens with one attached hydrogen (secondary N) is 1. The monoisotopic (exact) mass is 341 g/mol. The average Bonchev–Trinajstić information content (AvgIpc) is 2.42. The average molecular weight is 342 g/mol. The summed E-state index contributed by atoms with van der Waals surface area (Å²) in [5, 5.41) is 3.03. The molecule has 0 saturated carbocycles. The number of ether oxygens (including phenoxy) is 1. The standard InChI is InChI=1S/C15H14BrF2NO/c1-9-5-12(16)14(18)7-15(9)19-8-10-3-4-11(20-2)6-13(10)17/h3-7,19H,8H2,1-2H3. The van der Waals surface area contributed by atoms with Crippen LogP contribution >= 0.6 is 15.9 Å². The Balaban J connectivity index is 2.15. The van der Waals surface area contributed by atoms with E-state index in [0.29, 0.717) is 21.5 Å². The van der Waals surface area contributed by atoms with E-state index in [-0.39, 0.29) is 18.2 Å². The smallest absolute Gasteiger partial charge is 0.139 e. The molecule has 0 aromatic heterocycles. The Hall–Kier alpha value is -1.62. The highest BCUT2D eigenvalue weighted by Crippen LogP contribution is 2.25. The molecule has 2 rings (SSSR count). The number of halogens is 3. The van der Waals surface area contributed by atoms with Crippen molar-refractivity contribution in [3.63, 3.8) is 0 Å². The Morgan fingerprint density at radius 3 is 2.55 bits per heavy atom. The minimum absolute atomic E-state index is 0.276. The van der Waals surface area contributed by atoms with Gasteiger partial charge in [0.05, 0.1) is 11.6 Å². The Bertz CT molecular complexity index is 632. The maximum Gasteiger partial charge on any atom is 0.139 e. The minimum Gasteiger partial charge on any atom is -0.497 e. The second-order valence-electron chi connectivity index (χ2n) is 4.39. The van der Waals surface area contributed by atoms with Crippen LogP contribution in [0, 0.1) is 18.6 Å². The van der Waals surface area contributed by atoms with Gasteiger partial charge in [-0.15, -0.1) is 0 Å². The van der Waals surface area contributed by atoms with Crippen LogP contribution in [0.25, 0.3) is 0 Å². The van der Waals surface area contributed by atoms with Crippen molar-refractivity contribution >= 4 is 21.6 Å². The first-order chi connectivity index (χ1) is 9.51. The molecule has 0 spiro atoms. The van der Waals surface area contributed by atoms with E-state index in [2.05, 4.69) is 21.2 Å². The molecule has 0 heterocycles. The van der Waals surface area contributed by atoms with Crippen molar-refractivity contribution in [2.75, 3.05) is 12.4 Å². The maximum atomic E-state index is 13.8. The van der Waals surface area contributed by atoms with E-state index in [4.69, 9.17) is 4.74 Å². The number of hydrogen-bond donors (Lipinski definition) is 1. The van der Waals surface area contributed by atoms with E-state index in [1.165, 1.54) is 19.2 Å². The summed E-state index contributed by atoms with van der Waals surface area (Å²) in [6, 6.07) is 7.73. The van der Waals surface area contributed by atoms with Crippen LogP contribution in [-0.2, 0) is 6.54 Å². The zero-order valence-electron chi connectivity index (χ0n) is 11.1. The number of rotatable bonds is 4. The van der Waals surface area contributed by atoms with E-state index in [0.717, 1.165) is 5.56 Å². The van der Waals surface area contributed by atoms with Gasteiger partial charge in [0.15, 0.2) is 0 Å². The molecule has 0 aliphatic rings. The first kappa shape index (κ1) is 14.8. The van der Waals surface area contributed by atoms with Gasteiger partial charge in [-0.05, 0) is 46.6 Å². The van der Waals surface area contributed by atoms with E-state index < -0.39 is 0 Å². The lowest BCUT2D eigenvalue weighted by molar-refractivity contribution is 0.411. The second-order valence-corrected chi connectivity index (χ2v) is 5.25. The van der Waals surface area contributed by atoms with Crippen molar-refractivity contribution in [1.82, 2.24) is 0 Å². The molecule has 0 aliphatic carbocycles. The molecule has 0 unspecified atom stereocenters. The molecule has 2 aromatic carbocycles. The van der Waals surface area contributed by atoms with Crippen LogP contribution in [0.15, 0.2) is 34.8 Å². The predicted octanol–water partition coefficient (Wildman–Crippen LogP) is 4.66. The summed E-state index contributed by atoms with van der Waals surface area (Å²) >= 11 is 3.13. The van der Waals surface area contributed by atoms with Gasteiger partial charge in [0, 0.05) is 23.9 Å². The highest BCUT2D eigenvalue weighted by Gasteiger charge is 2.07. The molecule has 0 saturated heterocycles. The first-order valence-corrected chi connectivity index (χ1v) is 6.82. The quantitative estimate of drug-likeness (QED) is 0.873. The van der Waals surface area contributed by atoms with Crippen molar-refractivity contribution in [2.24, 2.45) is 0 Å². The summed E-state index contributed by atoms with van der Waals surface area (Å²) in [4.78, 5) is 0. The molecule has 2 nitrogen and oxygen atoms in total. The third kappa shape index (κ3) is 3.28. The molecule has 106 valence electrons. The third-order valence-corrected chi connectivity index (χ3v) is 3.60. The summed E-state index contributed by atoms with van der Waals surface area (Å²) in [5.74, 6) is -0.238. The van der Waals surface area contributed by atoms with Crippen molar-refractivity contribution in [3.05, 3.63) is 57.6 Å². The Labute approximate surface area is 124 Å². The third-order valence-electron chi connectivity index (χ3n) is 3.00. The molecular weight excluding hydrogens is 328 g/mol. The minimum atomic E-state index is -0.355. The zero-order chi connectivity index (χ0) is 14.7. The van der Waals surface area contributed by atoms with Gasteiger partial charge >= 0.3 is 0 Å². The van der Waals surface area contributed by atoms with Gasteiger partial charge in [-0.1, -0.05) is 6.07 Å². The van der Waals surface area contributed by atoms with Crippen LogP contribution in [0.2, 0.25) is 0 Å². The van der Waals surface area contributed by atoms with Gasteiger partial charge in [0.25, 0.3) is 0 Å². The normalized spacial score (nSPS) is 10.4. The SMILES string of the molecule is COc1ccc(CNc2cc(F)c(Br)cc2C)c(F)c1. The van der Waals surface area contributed by atoms with Gasteiger partial charge in [-0.3, -0.25) is 0 Å². The van der Waals surface area contributed by atoms with Crippen molar-refractivity contribution in [2.45, 2.75) is 13.5 Å². The number of benzene rings is 2. The molecule has 2 aromatic rings. The lowest BCUT2D eigenvalue weighted by Gasteiger charge is -2.12. The summed E-state index contributed by atoms with van der Waals surface area (Å²) < 4.78 is 32.6. The summed E-state index contributed by atoms with van der Waals surface area (Å²) in [6.45, 7) is 2.13. The Morgan fingerprint density at radius 1 is 1.15 bits per heavy atom. The largest absolute Gasteiger partial charge is 0.497 e. The molecular formula is C15H14BrF2NO. The molecule has 20 heavy (non-hydrogen) atoms. The van der Waals surface area contributed by atoms with Crippen LogP contribution in [0.4, 0.5) is 14.5 Å². The van der Waals surface area contributed by atoms with E-state index in [1.54, 1.807) is 18.2 Å². The van der Waals surface area contributed by atoms with E-state index >= 15 is 0 Å². The maximum absolute atomic E-state index is 13.8. The fraction of sp³-hybridized carbons (Fsp3) is 0.200. The van der Waals surface area contributed by atoms with Gasteiger partial charge < -0.3 is 10.1 Å². The molecule has 0 aliphatic heterocycles. The zero-order valence-corrected chi connectivity index (χ0v) is 12.7. The van der Waals surface area contributed by atoms with Crippen LogP contribution in [0.1, 0.15) is 11.1 Å². The molecule has 0 bridgehead atoms.